The molecule has 0 aromatic carbocycles. The quantitative estimate of drug-likeness (QED) is 0.479. The number of hydrogen-bond acceptors (Lipinski definition) is 2. The predicted octanol–water partition coefficient (Wildman–Crippen LogP) is 2.03. The molecule has 10 heavy (non-hydrogen) atoms. The summed E-state index contributed by atoms with van der Waals surface area (Å²) in [5, 5.41) is 11.3. The molecule has 2 nitrogen and oxygen atoms in total. The van der Waals surface area contributed by atoms with Crippen molar-refractivity contribution >= 4 is 0 Å². The van der Waals surface area contributed by atoms with E-state index in [2.05, 4.69) is 26.1 Å². The van der Waals surface area contributed by atoms with Gasteiger partial charge >= 0.3 is 0 Å². The zero-order chi connectivity index (χ0) is 8.04. The Hall–Kier alpha value is -0.710. The van der Waals surface area contributed by atoms with Crippen LogP contribution in [-0.2, 0) is 0 Å². The number of nitriles is 1. The van der Waals surface area contributed by atoms with Gasteiger partial charge in [0, 0.05) is 5.54 Å². The first-order chi connectivity index (χ1) is 4.74. The molecule has 0 aliphatic carbocycles. The molecule has 0 saturated carbocycles. The highest BCUT2D eigenvalue weighted by Crippen LogP contribution is 2.18. The predicted molar refractivity (Wildman–Crippen MR) is 42.4 cm³/mol. The minimum atomic E-state index is 0.0642. The molecule has 0 heterocycles. The molecule has 0 aromatic heterocycles. The van der Waals surface area contributed by atoms with Crippen molar-refractivity contribution in [2.75, 3.05) is 0 Å². The minimum absolute atomic E-state index is 0.0642. The standard InChI is InChI=1S/C8H16N2/c1-4-8(5-2,6-3)10-7-9/h10H,4-6H2,1-3H3. The second-order valence-electron chi connectivity index (χ2n) is 2.58. The van der Waals surface area contributed by atoms with E-state index in [1.54, 1.807) is 0 Å². The van der Waals surface area contributed by atoms with E-state index in [0.717, 1.165) is 19.3 Å². The van der Waals surface area contributed by atoms with Crippen molar-refractivity contribution in [2.24, 2.45) is 0 Å². The maximum Gasteiger partial charge on any atom is 0.177 e. The van der Waals surface area contributed by atoms with Gasteiger partial charge in [-0.05, 0) is 19.3 Å². The van der Waals surface area contributed by atoms with Gasteiger partial charge in [0.25, 0.3) is 0 Å². The fourth-order valence-corrected chi connectivity index (χ4v) is 1.13. The maximum atomic E-state index is 8.43. The summed E-state index contributed by atoms with van der Waals surface area (Å²) < 4.78 is 0. The highest BCUT2D eigenvalue weighted by Gasteiger charge is 2.21. The van der Waals surface area contributed by atoms with Crippen LogP contribution < -0.4 is 5.32 Å². The van der Waals surface area contributed by atoms with Crippen molar-refractivity contribution in [2.45, 2.75) is 45.6 Å². The van der Waals surface area contributed by atoms with Crippen LogP contribution in [0.2, 0.25) is 0 Å². The number of nitrogens with one attached hydrogen (secondary N) is 1. The van der Waals surface area contributed by atoms with E-state index in [1.807, 2.05) is 6.19 Å². The summed E-state index contributed by atoms with van der Waals surface area (Å²) in [4.78, 5) is 0. The highest BCUT2D eigenvalue weighted by molar-refractivity contribution is 4.89. The van der Waals surface area contributed by atoms with Crippen LogP contribution in [-0.4, -0.2) is 5.54 Å². The first kappa shape index (κ1) is 9.29. The van der Waals surface area contributed by atoms with Gasteiger partial charge in [0.2, 0.25) is 0 Å². The van der Waals surface area contributed by atoms with Gasteiger partial charge in [0.1, 0.15) is 0 Å². The molecular weight excluding hydrogens is 124 g/mol. The van der Waals surface area contributed by atoms with Gasteiger partial charge in [-0.25, -0.2) is 0 Å². The Morgan fingerprint density at radius 3 is 1.70 bits per heavy atom. The molecule has 0 atom stereocenters. The monoisotopic (exact) mass is 140 g/mol. The summed E-state index contributed by atoms with van der Waals surface area (Å²) in [6.45, 7) is 6.33. The van der Waals surface area contributed by atoms with Crippen molar-refractivity contribution in [3.8, 4) is 6.19 Å². The zero-order valence-electron chi connectivity index (χ0n) is 7.07. The van der Waals surface area contributed by atoms with Crippen molar-refractivity contribution in [3.05, 3.63) is 0 Å². The summed E-state index contributed by atoms with van der Waals surface area (Å²) in [6, 6.07) is 0. The second-order valence-corrected chi connectivity index (χ2v) is 2.58. The first-order valence-corrected chi connectivity index (χ1v) is 3.91. The normalized spacial score (nSPS) is 10.6. The Kier molecular flexibility index (Phi) is 3.87. The molecule has 0 rings (SSSR count). The molecule has 0 amide bonds. The summed E-state index contributed by atoms with van der Waals surface area (Å²) in [7, 11) is 0. The Morgan fingerprint density at radius 1 is 1.20 bits per heavy atom. The summed E-state index contributed by atoms with van der Waals surface area (Å²) >= 11 is 0. The smallest absolute Gasteiger partial charge is 0.177 e. The summed E-state index contributed by atoms with van der Waals surface area (Å²) in [6.07, 6.45) is 5.08. The largest absolute Gasteiger partial charge is 0.318 e. The molecule has 0 aliphatic rings. The van der Waals surface area contributed by atoms with Crippen LogP contribution in [0.1, 0.15) is 40.0 Å². The summed E-state index contributed by atoms with van der Waals surface area (Å²) in [5.41, 5.74) is 0.0642. The first-order valence-electron chi connectivity index (χ1n) is 3.91. The molecule has 0 unspecified atom stereocenters. The lowest BCUT2D eigenvalue weighted by atomic mass is 9.90. The van der Waals surface area contributed by atoms with Crippen molar-refractivity contribution < 1.29 is 0 Å². The van der Waals surface area contributed by atoms with E-state index >= 15 is 0 Å². The van der Waals surface area contributed by atoms with Crippen LogP contribution in [0.15, 0.2) is 0 Å². The molecule has 0 saturated heterocycles. The Balaban J connectivity index is 4.04. The lowest BCUT2D eigenvalue weighted by Gasteiger charge is -2.28. The Bertz CT molecular complexity index is 111. The van der Waals surface area contributed by atoms with Gasteiger partial charge < -0.3 is 5.32 Å². The second kappa shape index (κ2) is 4.16. The van der Waals surface area contributed by atoms with Crippen LogP contribution in [0.3, 0.4) is 0 Å². The van der Waals surface area contributed by atoms with Crippen molar-refractivity contribution in [1.82, 2.24) is 5.32 Å². The van der Waals surface area contributed by atoms with Gasteiger partial charge in [0.15, 0.2) is 6.19 Å². The van der Waals surface area contributed by atoms with Gasteiger partial charge in [-0.1, -0.05) is 20.8 Å². The Labute approximate surface area is 63.2 Å². The van der Waals surface area contributed by atoms with Crippen LogP contribution in [0.4, 0.5) is 0 Å². The van der Waals surface area contributed by atoms with Crippen LogP contribution >= 0.6 is 0 Å². The van der Waals surface area contributed by atoms with Gasteiger partial charge in [-0.15, -0.1) is 0 Å². The minimum Gasteiger partial charge on any atom is -0.318 e. The van der Waals surface area contributed by atoms with Crippen LogP contribution in [0.25, 0.3) is 0 Å². The van der Waals surface area contributed by atoms with E-state index in [0.29, 0.717) is 0 Å². The van der Waals surface area contributed by atoms with E-state index in [1.165, 1.54) is 0 Å². The fraction of sp³-hybridized carbons (Fsp3) is 0.875. The molecule has 0 aromatic rings. The van der Waals surface area contributed by atoms with Gasteiger partial charge in [0.05, 0.1) is 0 Å². The third-order valence-corrected chi connectivity index (χ3v) is 2.35. The number of nitrogens with zero attached hydrogens (tertiary/aromatic N) is 1. The van der Waals surface area contributed by atoms with Crippen LogP contribution in [0.5, 0.6) is 0 Å². The Morgan fingerprint density at radius 2 is 1.60 bits per heavy atom. The zero-order valence-corrected chi connectivity index (χ0v) is 7.07. The average Bonchev–Trinajstić information content (AvgIpc) is 2.01. The highest BCUT2D eigenvalue weighted by atomic mass is 15.0. The van der Waals surface area contributed by atoms with E-state index in [9.17, 15) is 0 Å². The average molecular weight is 140 g/mol. The van der Waals surface area contributed by atoms with E-state index in [4.69, 9.17) is 5.26 Å². The fourth-order valence-electron chi connectivity index (χ4n) is 1.13. The molecular formula is C8H16N2. The maximum absolute atomic E-state index is 8.43. The number of hydrogen-bond donors (Lipinski definition) is 1. The molecule has 0 spiro atoms. The lowest BCUT2D eigenvalue weighted by Crippen LogP contribution is -2.40. The molecule has 2 heteroatoms. The van der Waals surface area contributed by atoms with E-state index in [-0.39, 0.29) is 5.54 Å². The third kappa shape index (κ3) is 1.91. The lowest BCUT2D eigenvalue weighted by molar-refractivity contribution is 0.332. The van der Waals surface area contributed by atoms with E-state index < -0.39 is 0 Å². The van der Waals surface area contributed by atoms with Crippen LogP contribution in [0, 0.1) is 11.5 Å². The van der Waals surface area contributed by atoms with Gasteiger partial charge in [-0.2, -0.15) is 5.26 Å². The molecule has 0 bridgehead atoms. The third-order valence-electron chi connectivity index (χ3n) is 2.35. The molecule has 0 fully saturated rings. The number of rotatable bonds is 4. The van der Waals surface area contributed by atoms with Crippen molar-refractivity contribution in [3.63, 3.8) is 0 Å². The summed E-state index contributed by atoms with van der Waals surface area (Å²) in [5.74, 6) is 0. The van der Waals surface area contributed by atoms with Gasteiger partial charge in [-0.3, -0.25) is 0 Å². The van der Waals surface area contributed by atoms with Crippen molar-refractivity contribution in [1.29, 1.82) is 5.26 Å². The topological polar surface area (TPSA) is 35.8 Å². The molecule has 0 aliphatic heterocycles. The molecule has 58 valence electrons. The molecule has 1 N–H and O–H groups in total. The SMILES string of the molecule is CCC(CC)(CC)NC#N. The molecule has 0 radical (unpaired) electrons.